The normalized spacial score (nSPS) is 10.2. The first-order valence-electron chi connectivity index (χ1n) is 10.1. The molecule has 3 rings (SSSR count). The molecule has 0 bridgehead atoms. The predicted octanol–water partition coefficient (Wildman–Crippen LogP) is 3.76. The Morgan fingerprint density at radius 1 is 1.31 bits per heavy atom. The number of nitrogens with zero attached hydrogens (tertiary/aromatic N) is 3. The average molecular weight is 424 g/mol. The molecule has 0 atom stereocenters. The fourth-order valence-corrected chi connectivity index (χ4v) is 3.06. The van der Waals surface area contributed by atoms with Gasteiger partial charge in [0.15, 0.2) is 0 Å². The van der Waals surface area contributed by atoms with Crippen molar-refractivity contribution in [1.82, 2.24) is 15.5 Å². The molecular weight excluding hydrogens is 398 g/mol. The third-order valence-corrected chi connectivity index (χ3v) is 4.72. The van der Waals surface area contributed by atoms with Gasteiger partial charge < -0.3 is 10.4 Å². The van der Waals surface area contributed by atoms with Crippen LogP contribution in [0.2, 0.25) is 0 Å². The fraction of sp³-hybridized carbons (Fsp3) is 0.154. The van der Waals surface area contributed by atoms with Crippen molar-refractivity contribution in [2.24, 2.45) is 5.10 Å². The van der Waals surface area contributed by atoms with E-state index in [4.69, 9.17) is 6.42 Å². The Bertz CT molecular complexity index is 1190. The van der Waals surface area contributed by atoms with E-state index in [2.05, 4.69) is 45.0 Å². The Morgan fingerprint density at radius 3 is 2.94 bits per heavy atom. The van der Waals surface area contributed by atoms with Gasteiger partial charge >= 0.3 is 0 Å². The largest absolute Gasteiger partial charge is 0.508 e. The van der Waals surface area contributed by atoms with Crippen LogP contribution in [0.25, 0.3) is 5.70 Å². The first kappa shape index (κ1) is 22.3. The van der Waals surface area contributed by atoms with Gasteiger partial charge in [-0.3, -0.25) is 10.1 Å². The molecule has 0 aliphatic heterocycles. The topological polar surface area (TPSA) is 76.5 Å². The molecule has 160 valence electrons. The average Bonchev–Trinajstić information content (AvgIpc) is 3.32. The van der Waals surface area contributed by atoms with Crippen LogP contribution < -0.4 is 10.3 Å². The van der Waals surface area contributed by atoms with Crippen molar-refractivity contribution in [3.63, 3.8) is 0 Å². The predicted molar refractivity (Wildman–Crippen MR) is 130 cm³/mol. The Morgan fingerprint density at radius 2 is 2.19 bits per heavy atom. The minimum absolute atomic E-state index is 0.175. The summed E-state index contributed by atoms with van der Waals surface area (Å²) in [5.41, 5.74) is 5.23. The maximum Gasteiger partial charge on any atom is 0.116 e. The van der Waals surface area contributed by atoms with Crippen LogP contribution in [0, 0.1) is 24.2 Å². The second kappa shape index (κ2) is 11.1. The van der Waals surface area contributed by atoms with E-state index in [-0.39, 0.29) is 5.75 Å². The second-order valence-electron chi connectivity index (χ2n) is 7.08. The highest BCUT2D eigenvalue weighted by molar-refractivity contribution is 5.79. The van der Waals surface area contributed by atoms with Crippen LogP contribution in [-0.4, -0.2) is 35.1 Å². The Hall–Kier alpha value is -4.42. The molecule has 0 fully saturated rings. The summed E-state index contributed by atoms with van der Waals surface area (Å²) in [5, 5.41) is 25.8. The van der Waals surface area contributed by atoms with Gasteiger partial charge in [0.1, 0.15) is 5.75 Å². The van der Waals surface area contributed by atoms with E-state index in [1.807, 2.05) is 43.7 Å². The van der Waals surface area contributed by atoms with Crippen LogP contribution in [0.5, 0.6) is 5.75 Å². The molecule has 0 aliphatic rings. The van der Waals surface area contributed by atoms with Gasteiger partial charge in [0.25, 0.3) is 0 Å². The van der Waals surface area contributed by atoms with Crippen molar-refractivity contribution in [3.05, 3.63) is 83.7 Å². The number of aryl methyl sites for hydroxylation is 1. The molecular formula is C26H25N5O. The van der Waals surface area contributed by atoms with Crippen LogP contribution in [0.3, 0.4) is 0 Å². The quantitative estimate of drug-likeness (QED) is 0.223. The lowest BCUT2D eigenvalue weighted by molar-refractivity contribution is 0.475. The minimum atomic E-state index is 0.175. The zero-order valence-corrected chi connectivity index (χ0v) is 18.0. The van der Waals surface area contributed by atoms with E-state index in [9.17, 15) is 5.11 Å². The number of benzene rings is 2. The number of H-pyrrole nitrogens is 1. The Labute approximate surface area is 188 Å². The number of hydrogen-bond donors (Lipinski definition) is 3. The van der Waals surface area contributed by atoms with Gasteiger partial charge in [0, 0.05) is 31.0 Å². The number of hydrazone groups is 1. The van der Waals surface area contributed by atoms with Crippen molar-refractivity contribution in [1.29, 1.82) is 0 Å². The summed E-state index contributed by atoms with van der Waals surface area (Å²) >= 11 is 0. The standard InChI is InChI=1S/C26H25N5O/c1-4-14-30-31(3)26-13-12-23(20(2)27-15-6-8-22-18-28-29-19-22)17-24(26)11-10-21-7-5-9-25(32)16-21/h1,5,7,9,12-14,16-19,27,32H,2,6,8,15H2,3H3,(H,28,29)/b30-14-. The van der Waals surface area contributed by atoms with Gasteiger partial charge in [0.2, 0.25) is 0 Å². The molecule has 0 amide bonds. The van der Waals surface area contributed by atoms with Gasteiger partial charge in [-0.2, -0.15) is 10.2 Å². The number of rotatable bonds is 8. The van der Waals surface area contributed by atoms with Gasteiger partial charge in [-0.1, -0.05) is 36.5 Å². The number of phenolic OH excluding ortho intramolecular Hbond substituents is 1. The molecule has 3 aromatic rings. The summed E-state index contributed by atoms with van der Waals surface area (Å²) in [6, 6.07) is 12.7. The lowest BCUT2D eigenvalue weighted by atomic mass is 10.1. The highest BCUT2D eigenvalue weighted by Crippen LogP contribution is 2.23. The molecule has 0 radical (unpaired) electrons. The lowest BCUT2D eigenvalue weighted by Crippen LogP contribution is -2.14. The van der Waals surface area contributed by atoms with Crippen molar-refractivity contribution < 1.29 is 5.11 Å². The molecule has 1 aromatic heterocycles. The third kappa shape index (κ3) is 6.29. The number of anilines is 1. The van der Waals surface area contributed by atoms with E-state index in [0.29, 0.717) is 5.56 Å². The molecule has 0 saturated carbocycles. The Balaban J connectivity index is 1.78. The molecule has 0 spiro atoms. The number of aromatic hydroxyl groups is 1. The van der Waals surface area contributed by atoms with E-state index in [1.54, 1.807) is 23.2 Å². The highest BCUT2D eigenvalue weighted by Gasteiger charge is 2.08. The lowest BCUT2D eigenvalue weighted by Gasteiger charge is -2.17. The minimum Gasteiger partial charge on any atom is -0.508 e. The third-order valence-electron chi connectivity index (χ3n) is 4.72. The molecule has 6 heteroatoms. The maximum atomic E-state index is 9.69. The molecule has 6 nitrogen and oxygen atoms in total. The molecule has 3 N–H and O–H groups in total. The number of nitrogens with one attached hydrogen (secondary N) is 2. The first-order valence-corrected chi connectivity index (χ1v) is 10.1. The van der Waals surface area contributed by atoms with Crippen molar-refractivity contribution in [2.75, 3.05) is 18.6 Å². The molecule has 0 aliphatic carbocycles. The zero-order valence-electron chi connectivity index (χ0n) is 18.0. The summed E-state index contributed by atoms with van der Waals surface area (Å²) in [5.74, 6) is 8.86. The summed E-state index contributed by atoms with van der Waals surface area (Å²) in [6.07, 6.45) is 12.3. The number of terminal acetylenes is 1. The van der Waals surface area contributed by atoms with Crippen molar-refractivity contribution >= 4 is 17.6 Å². The highest BCUT2D eigenvalue weighted by atomic mass is 16.3. The molecule has 0 unspecified atom stereocenters. The maximum absolute atomic E-state index is 9.69. The van der Waals surface area contributed by atoms with Gasteiger partial charge in [-0.15, -0.1) is 6.42 Å². The monoisotopic (exact) mass is 423 g/mol. The van der Waals surface area contributed by atoms with Crippen LogP contribution >= 0.6 is 0 Å². The summed E-state index contributed by atoms with van der Waals surface area (Å²) in [4.78, 5) is 0. The number of aromatic amines is 1. The van der Waals surface area contributed by atoms with Gasteiger partial charge in [-0.25, -0.2) is 0 Å². The summed E-state index contributed by atoms with van der Waals surface area (Å²) < 4.78 is 0. The molecule has 1 heterocycles. The smallest absolute Gasteiger partial charge is 0.116 e. The van der Waals surface area contributed by atoms with Crippen LogP contribution in [0.4, 0.5) is 5.69 Å². The van der Waals surface area contributed by atoms with Crippen LogP contribution in [0.15, 0.2) is 66.5 Å². The van der Waals surface area contributed by atoms with E-state index in [1.165, 1.54) is 11.8 Å². The van der Waals surface area contributed by atoms with E-state index in [0.717, 1.165) is 41.9 Å². The summed E-state index contributed by atoms with van der Waals surface area (Å²) in [7, 11) is 1.81. The number of aromatic nitrogens is 2. The van der Waals surface area contributed by atoms with E-state index >= 15 is 0 Å². The SMILES string of the molecule is C#C/C=N\N(C)c1ccc(C(=C)NCCCc2cn[nH]c2)cc1C#Cc1cccc(O)c1. The molecule has 0 saturated heterocycles. The Kier molecular flexibility index (Phi) is 7.73. The van der Waals surface area contributed by atoms with Gasteiger partial charge in [-0.05, 0) is 54.3 Å². The van der Waals surface area contributed by atoms with Crippen LogP contribution in [-0.2, 0) is 6.42 Å². The van der Waals surface area contributed by atoms with Gasteiger partial charge in [0.05, 0.1) is 23.7 Å². The van der Waals surface area contributed by atoms with E-state index < -0.39 is 0 Å². The van der Waals surface area contributed by atoms with Crippen LogP contribution in [0.1, 0.15) is 28.7 Å². The molecule has 2 aromatic carbocycles. The number of hydrogen-bond acceptors (Lipinski definition) is 5. The van der Waals surface area contributed by atoms with Crippen molar-refractivity contribution in [2.45, 2.75) is 12.8 Å². The zero-order chi connectivity index (χ0) is 22.8. The fourth-order valence-electron chi connectivity index (χ4n) is 3.06. The van der Waals surface area contributed by atoms with Crippen molar-refractivity contribution in [3.8, 4) is 29.9 Å². The summed E-state index contributed by atoms with van der Waals surface area (Å²) in [6.45, 7) is 4.97. The number of phenols is 1. The second-order valence-corrected chi connectivity index (χ2v) is 7.08. The molecule has 32 heavy (non-hydrogen) atoms. The first-order chi connectivity index (χ1) is 15.6.